The molecule has 0 spiro atoms. The second kappa shape index (κ2) is 6.49. The summed E-state index contributed by atoms with van der Waals surface area (Å²) in [5.41, 5.74) is 0. The summed E-state index contributed by atoms with van der Waals surface area (Å²) in [5, 5.41) is 3.41. The Labute approximate surface area is 95.4 Å². The quantitative estimate of drug-likeness (QED) is 0.756. The number of piperazine rings is 1. The molecule has 0 atom stereocenters. The highest BCUT2D eigenvalue weighted by Gasteiger charge is 2.35. The van der Waals surface area contributed by atoms with Gasteiger partial charge in [-0.1, -0.05) is 27.7 Å². The fourth-order valence-corrected chi connectivity index (χ4v) is 2.52. The van der Waals surface area contributed by atoms with Crippen LogP contribution in [-0.4, -0.2) is 37.1 Å². The van der Waals surface area contributed by atoms with E-state index in [1.165, 1.54) is 39.0 Å². The lowest BCUT2D eigenvalue weighted by Gasteiger charge is -2.46. The molecule has 1 aliphatic heterocycles. The van der Waals surface area contributed by atoms with Crippen molar-refractivity contribution in [2.24, 2.45) is 11.8 Å². The van der Waals surface area contributed by atoms with Gasteiger partial charge in [0.05, 0.1) is 0 Å². The molecular weight excluding hydrogens is 184 g/mol. The van der Waals surface area contributed by atoms with Gasteiger partial charge in [0.1, 0.15) is 0 Å². The first-order valence-corrected chi connectivity index (χ1v) is 6.72. The topological polar surface area (TPSA) is 15.3 Å². The van der Waals surface area contributed by atoms with E-state index in [0.29, 0.717) is 0 Å². The summed E-state index contributed by atoms with van der Waals surface area (Å²) in [4.78, 5) is 2.68. The van der Waals surface area contributed by atoms with Crippen LogP contribution in [0.4, 0.5) is 0 Å². The summed E-state index contributed by atoms with van der Waals surface area (Å²) in [6.07, 6.45) is 2.91. The fourth-order valence-electron chi connectivity index (χ4n) is 2.52. The van der Waals surface area contributed by atoms with Crippen molar-refractivity contribution in [3.8, 4) is 0 Å². The lowest BCUT2D eigenvalue weighted by atomic mass is 9.73. The second-order valence-corrected chi connectivity index (χ2v) is 4.92. The molecule has 1 saturated heterocycles. The van der Waals surface area contributed by atoms with Gasteiger partial charge >= 0.3 is 0 Å². The molecule has 0 aromatic heterocycles. The number of nitrogens with zero attached hydrogens (tertiary/aromatic N) is 1. The summed E-state index contributed by atoms with van der Waals surface area (Å²) < 4.78 is 0. The van der Waals surface area contributed by atoms with Crippen LogP contribution in [0.25, 0.3) is 0 Å². The predicted molar refractivity (Wildman–Crippen MR) is 67.1 cm³/mol. The number of nitrogens with one attached hydrogen (secondary N) is 1. The van der Waals surface area contributed by atoms with Crippen LogP contribution < -0.4 is 5.32 Å². The maximum atomic E-state index is 3.41. The van der Waals surface area contributed by atoms with Crippen LogP contribution in [0.15, 0.2) is 0 Å². The molecule has 1 N–H and O–H groups in total. The van der Waals surface area contributed by atoms with Crippen LogP contribution in [0, 0.1) is 11.8 Å². The molecule has 2 nitrogen and oxygen atoms in total. The van der Waals surface area contributed by atoms with Gasteiger partial charge in [-0.2, -0.15) is 0 Å². The van der Waals surface area contributed by atoms with Gasteiger partial charge < -0.3 is 5.32 Å². The Morgan fingerprint density at radius 1 is 1.07 bits per heavy atom. The summed E-state index contributed by atoms with van der Waals surface area (Å²) >= 11 is 0. The van der Waals surface area contributed by atoms with E-state index in [4.69, 9.17) is 0 Å². The summed E-state index contributed by atoms with van der Waals surface area (Å²) in [6.45, 7) is 13.7. The molecule has 2 rings (SSSR count). The van der Waals surface area contributed by atoms with Crippen LogP contribution in [0.1, 0.15) is 40.5 Å². The van der Waals surface area contributed by atoms with Crippen molar-refractivity contribution in [3.63, 3.8) is 0 Å². The highest BCUT2D eigenvalue weighted by Crippen LogP contribution is 2.36. The number of hydrogen-bond acceptors (Lipinski definition) is 2. The first-order valence-electron chi connectivity index (χ1n) is 6.72. The molecule has 2 aliphatic rings. The van der Waals surface area contributed by atoms with E-state index in [1.54, 1.807) is 0 Å². The van der Waals surface area contributed by atoms with Gasteiger partial charge in [-0.05, 0) is 24.7 Å². The van der Waals surface area contributed by atoms with Gasteiger partial charge in [-0.3, -0.25) is 4.90 Å². The van der Waals surface area contributed by atoms with E-state index < -0.39 is 0 Å². The Balaban J connectivity index is 0.000000531. The zero-order chi connectivity index (χ0) is 11.3. The Morgan fingerprint density at radius 2 is 1.60 bits per heavy atom. The van der Waals surface area contributed by atoms with Gasteiger partial charge in [0, 0.05) is 32.2 Å². The average Bonchev–Trinajstić information content (AvgIpc) is 2.19. The van der Waals surface area contributed by atoms with Crippen LogP contribution in [-0.2, 0) is 0 Å². The number of rotatable bonds is 2. The Morgan fingerprint density at radius 3 is 2.07 bits per heavy atom. The van der Waals surface area contributed by atoms with Gasteiger partial charge in [-0.25, -0.2) is 0 Å². The maximum Gasteiger partial charge on any atom is 0.0110 e. The van der Waals surface area contributed by atoms with Gasteiger partial charge in [-0.15, -0.1) is 0 Å². The minimum absolute atomic E-state index is 0.902. The van der Waals surface area contributed by atoms with Gasteiger partial charge in [0.2, 0.25) is 0 Å². The Kier molecular flexibility index (Phi) is 5.62. The maximum absolute atomic E-state index is 3.41. The molecular formula is C13H28N2. The zero-order valence-electron chi connectivity index (χ0n) is 10.9. The third-order valence-corrected chi connectivity index (χ3v) is 3.76. The normalized spacial score (nSPS) is 31.8. The van der Waals surface area contributed by atoms with Crippen LogP contribution in [0.5, 0.6) is 0 Å². The molecule has 15 heavy (non-hydrogen) atoms. The van der Waals surface area contributed by atoms with Gasteiger partial charge in [0.15, 0.2) is 0 Å². The number of hydrogen-bond donors (Lipinski definition) is 1. The van der Waals surface area contributed by atoms with Crippen molar-refractivity contribution >= 4 is 0 Å². The molecule has 0 aromatic carbocycles. The van der Waals surface area contributed by atoms with Crippen molar-refractivity contribution in [3.05, 3.63) is 0 Å². The second-order valence-electron chi connectivity index (χ2n) is 4.92. The Bertz CT molecular complexity index is 156. The molecule has 1 saturated carbocycles. The third kappa shape index (κ3) is 3.46. The molecule has 0 aromatic rings. The van der Waals surface area contributed by atoms with E-state index in [1.807, 2.05) is 13.8 Å². The van der Waals surface area contributed by atoms with Crippen molar-refractivity contribution in [1.82, 2.24) is 10.2 Å². The third-order valence-electron chi connectivity index (χ3n) is 3.76. The monoisotopic (exact) mass is 212 g/mol. The van der Waals surface area contributed by atoms with Crippen LogP contribution in [0.2, 0.25) is 0 Å². The standard InChI is InChI=1S/C11H22N2.C2H6/c1-9(2)10-7-11(8-10)13-5-3-12-4-6-13;1-2/h9-12H,3-8H2,1-2H3;1-2H3. The minimum Gasteiger partial charge on any atom is -0.314 e. The van der Waals surface area contributed by atoms with E-state index >= 15 is 0 Å². The summed E-state index contributed by atoms with van der Waals surface area (Å²) in [6, 6.07) is 0.925. The van der Waals surface area contributed by atoms with E-state index in [-0.39, 0.29) is 0 Å². The zero-order valence-corrected chi connectivity index (χ0v) is 10.9. The largest absolute Gasteiger partial charge is 0.314 e. The summed E-state index contributed by atoms with van der Waals surface area (Å²) in [5.74, 6) is 1.92. The molecule has 90 valence electrons. The summed E-state index contributed by atoms with van der Waals surface area (Å²) in [7, 11) is 0. The smallest absolute Gasteiger partial charge is 0.0110 e. The minimum atomic E-state index is 0.902. The van der Waals surface area contributed by atoms with Crippen molar-refractivity contribution in [2.75, 3.05) is 26.2 Å². The van der Waals surface area contributed by atoms with Crippen molar-refractivity contribution in [1.29, 1.82) is 0 Å². The Hall–Kier alpha value is -0.0800. The molecule has 1 aliphatic carbocycles. The van der Waals surface area contributed by atoms with Gasteiger partial charge in [0.25, 0.3) is 0 Å². The molecule has 0 amide bonds. The molecule has 0 unspecified atom stereocenters. The molecule has 0 radical (unpaired) electrons. The fraction of sp³-hybridized carbons (Fsp3) is 1.00. The van der Waals surface area contributed by atoms with Crippen molar-refractivity contribution < 1.29 is 0 Å². The van der Waals surface area contributed by atoms with E-state index in [2.05, 4.69) is 24.1 Å². The highest BCUT2D eigenvalue weighted by atomic mass is 15.2. The molecule has 1 heterocycles. The SMILES string of the molecule is CC.CC(C)C1CC(N2CCNCC2)C1. The lowest BCUT2D eigenvalue weighted by Crippen LogP contribution is -2.53. The average molecular weight is 212 g/mol. The van der Waals surface area contributed by atoms with Crippen LogP contribution >= 0.6 is 0 Å². The molecule has 0 bridgehead atoms. The molecule has 2 fully saturated rings. The van der Waals surface area contributed by atoms with Crippen LogP contribution in [0.3, 0.4) is 0 Å². The van der Waals surface area contributed by atoms with E-state index in [9.17, 15) is 0 Å². The predicted octanol–water partition coefficient (Wildman–Crippen LogP) is 2.35. The first-order chi connectivity index (χ1) is 7.27. The molecule has 2 heteroatoms. The van der Waals surface area contributed by atoms with E-state index in [0.717, 1.165) is 17.9 Å². The highest BCUT2D eigenvalue weighted by molar-refractivity contribution is 4.89. The lowest BCUT2D eigenvalue weighted by molar-refractivity contribution is 0.0473. The van der Waals surface area contributed by atoms with Crippen molar-refractivity contribution in [2.45, 2.75) is 46.6 Å². The first kappa shape index (κ1) is 13.0.